The monoisotopic (exact) mass is 272 g/mol. The van der Waals surface area contributed by atoms with Crippen LogP contribution in [0.4, 0.5) is 5.69 Å². The molecule has 1 N–H and O–H groups in total. The minimum Gasteiger partial charge on any atom is -0.370 e. The zero-order chi connectivity index (χ0) is 13.8. The van der Waals surface area contributed by atoms with Gasteiger partial charge in [-0.05, 0) is 57.2 Å². The van der Waals surface area contributed by atoms with Gasteiger partial charge in [-0.1, -0.05) is 30.5 Å². The molecule has 1 aromatic rings. The maximum atomic E-state index is 3.83. The summed E-state index contributed by atoms with van der Waals surface area (Å²) in [6, 6.07) is 9.68. The van der Waals surface area contributed by atoms with Gasteiger partial charge in [-0.25, -0.2) is 0 Å². The summed E-state index contributed by atoms with van der Waals surface area (Å²) in [5.74, 6) is 0.949. The summed E-state index contributed by atoms with van der Waals surface area (Å²) in [5, 5.41) is 3.83. The molecule has 1 saturated carbocycles. The van der Waals surface area contributed by atoms with Crippen molar-refractivity contribution in [3.05, 3.63) is 29.8 Å². The molecule has 1 heterocycles. The first-order valence-electron chi connectivity index (χ1n) is 8.36. The van der Waals surface area contributed by atoms with Gasteiger partial charge < -0.3 is 10.2 Å². The van der Waals surface area contributed by atoms with E-state index in [4.69, 9.17) is 0 Å². The molecule has 2 heteroatoms. The van der Waals surface area contributed by atoms with Crippen molar-refractivity contribution < 1.29 is 0 Å². The van der Waals surface area contributed by atoms with Crippen molar-refractivity contribution in [1.82, 2.24) is 5.32 Å². The van der Waals surface area contributed by atoms with Crippen LogP contribution in [-0.2, 0) is 0 Å². The highest BCUT2D eigenvalue weighted by Crippen LogP contribution is 2.25. The Morgan fingerprint density at radius 2 is 1.80 bits per heavy atom. The number of piperidine rings is 1. The van der Waals surface area contributed by atoms with Crippen molar-refractivity contribution in [2.75, 3.05) is 24.5 Å². The van der Waals surface area contributed by atoms with E-state index in [2.05, 4.69) is 41.4 Å². The van der Waals surface area contributed by atoms with E-state index in [9.17, 15) is 0 Å². The maximum Gasteiger partial charge on any atom is 0.0366 e. The van der Waals surface area contributed by atoms with Crippen LogP contribution in [0.1, 0.15) is 44.1 Å². The first-order valence-corrected chi connectivity index (χ1v) is 8.36. The number of hydrogen-bond donors (Lipinski definition) is 1. The second kappa shape index (κ2) is 6.62. The fourth-order valence-corrected chi connectivity index (χ4v) is 3.68. The lowest BCUT2D eigenvalue weighted by atomic mass is 10.0. The van der Waals surface area contributed by atoms with Crippen LogP contribution in [0.2, 0.25) is 0 Å². The summed E-state index contributed by atoms with van der Waals surface area (Å²) in [4.78, 5) is 2.55. The predicted molar refractivity (Wildman–Crippen MR) is 86.4 cm³/mol. The highest BCUT2D eigenvalue weighted by molar-refractivity contribution is 5.48. The Hall–Kier alpha value is -1.02. The Bertz CT molecular complexity index is 406. The average molecular weight is 272 g/mol. The maximum absolute atomic E-state index is 3.83. The van der Waals surface area contributed by atoms with Gasteiger partial charge in [0.05, 0.1) is 0 Å². The fraction of sp³-hybridized carbons (Fsp3) is 0.667. The molecule has 110 valence electrons. The molecule has 20 heavy (non-hydrogen) atoms. The molecule has 1 unspecified atom stereocenters. The van der Waals surface area contributed by atoms with E-state index in [1.165, 1.54) is 69.4 Å². The van der Waals surface area contributed by atoms with Crippen molar-refractivity contribution in [2.24, 2.45) is 5.92 Å². The topological polar surface area (TPSA) is 15.3 Å². The van der Waals surface area contributed by atoms with E-state index in [-0.39, 0.29) is 0 Å². The Kier molecular flexibility index (Phi) is 4.62. The summed E-state index contributed by atoms with van der Waals surface area (Å²) in [6.07, 6.45) is 8.45. The number of nitrogens with one attached hydrogen (secondary N) is 1. The molecular formula is C18H28N2. The molecular weight excluding hydrogens is 244 g/mol. The summed E-state index contributed by atoms with van der Waals surface area (Å²) in [5.41, 5.74) is 2.74. The van der Waals surface area contributed by atoms with Crippen LogP contribution in [0.5, 0.6) is 0 Å². The number of rotatable bonds is 4. The smallest absolute Gasteiger partial charge is 0.0366 e. The fourth-order valence-electron chi connectivity index (χ4n) is 3.68. The summed E-state index contributed by atoms with van der Waals surface area (Å²) in [7, 11) is 0. The van der Waals surface area contributed by atoms with Crippen molar-refractivity contribution in [2.45, 2.75) is 51.5 Å². The lowest BCUT2D eigenvalue weighted by molar-refractivity contribution is 0.383. The molecule has 0 amide bonds. The third-order valence-electron chi connectivity index (χ3n) is 4.99. The molecule has 0 radical (unpaired) electrons. The average Bonchev–Trinajstić information content (AvgIpc) is 3.00. The number of benzene rings is 1. The minimum absolute atomic E-state index is 0.686. The predicted octanol–water partition coefficient (Wildman–Crippen LogP) is 3.74. The third kappa shape index (κ3) is 3.54. The van der Waals surface area contributed by atoms with E-state index >= 15 is 0 Å². The zero-order valence-electron chi connectivity index (χ0n) is 12.8. The first-order chi connectivity index (χ1) is 9.81. The van der Waals surface area contributed by atoms with Gasteiger partial charge in [0.1, 0.15) is 0 Å². The van der Waals surface area contributed by atoms with Gasteiger partial charge in [-0.15, -0.1) is 0 Å². The highest BCUT2D eigenvalue weighted by Gasteiger charge is 2.21. The standard InChI is InChI=1S/C18H28N2/c1-15-8-10-18(11-9-15)20-12-4-7-17(14-20)19-13-16-5-2-3-6-16/h8-11,16-17,19H,2-7,12-14H2,1H3. The molecule has 1 aliphatic heterocycles. The van der Waals surface area contributed by atoms with Crippen LogP contribution in [-0.4, -0.2) is 25.7 Å². The van der Waals surface area contributed by atoms with Crippen LogP contribution >= 0.6 is 0 Å². The van der Waals surface area contributed by atoms with Gasteiger partial charge in [0.25, 0.3) is 0 Å². The van der Waals surface area contributed by atoms with Gasteiger partial charge in [-0.3, -0.25) is 0 Å². The summed E-state index contributed by atoms with van der Waals surface area (Å²) >= 11 is 0. The van der Waals surface area contributed by atoms with E-state index < -0.39 is 0 Å². The van der Waals surface area contributed by atoms with Crippen LogP contribution in [0.15, 0.2) is 24.3 Å². The quantitative estimate of drug-likeness (QED) is 0.898. The Balaban J connectivity index is 1.51. The molecule has 1 aromatic carbocycles. The molecule has 0 aromatic heterocycles. The summed E-state index contributed by atoms with van der Waals surface area (Å²) < 4.78 is 0. The van der Waals surface area contributed by atoms with Crippen molar-refractivity contribution in [3.8, 4) is 0 Å². The molecule has 2 nitrogen and oxygen atoms in total. The summed E-state index contributed by atoms with van der Waals surface area (Å²) in [6.45, 7) is 5.79. The van der Waals surface area contributed by atoms with Crippen LogP contribution in [0.3, 0.4) is 0 Å². The van der Waals surface area contributed by atoms with Crippen molar-refractivity contribution >= 4 is 5.69 Å². The van der Waals surface area contributed by atoms with Gasteiger partial charge in [0.2, 0.25) is 0 Å². The van der Waals surface area contributed by atoms with E-state index in [0.29, 0.717) is 6.04 Å². The minimum atomic E-state index is 0.686. The molecule has 1 saturated heterocycles. The van der Waals surface area contributed by atoms with E-state index in [1.54, 1.807) is 0 Å². The van der Waals surface area contributed by atoms with Gasteiger partial charge in [-0.2, -0.15) is 0 Å². The lowest BCUT2D eigenvalue weighted by Crippen LogP contribution is -2.46. The molecule has 0 spiro atoms. The molecule has 0 bridgehead atoms. The Morgan fingerprint density at radius 1 is 1.05 bits per heavy atom. The third-order valence-corrected chi connectivity index (χ3v) is 4.99. The lowest BCUT2D eigenvalue weighted by Gasteiger charge is -2.35. The molecule has 2 aliphatic rings. The van der Waals surface area contributed by atoms with Crippen LogP contribution < -0.4 is 10.2 Å². The number of aryl methyl sites for hydroxylation is 1. The normalized spacial score (nSPS) is 24.2. The van der Waals surface area contributed by atoms with Gasteiger partial charge >= 0.3 is 0 Å². The largest absolute Gasteiger partial charge is 0.370 e. The number of hydrogen-bond acceptors (Lipinski definition) is 2. The Morgan fingerprint density at radius 3 is 2.55 bits per heavy atom. The molecule has 1 atom stereocenters. The van der Waals surface area contributed by atoms with E-state index in [0.717, 1.165) is 5.92 Å². The molecule has 1 aliphatic carbocycles. The van der Waals surface area contributed by atoms with Crippen LogP contribution in [0.25, 0.3) is 0 Å². The van der Waals surface area contributed by atoms with Gasteiger partial charge in [0.15, 0.2) is 0 Å². The second-order valence-electron chi connectivity index (χ2n) is 6.68. The number of anilines is 1. The highest BCUT2D eigenvalue weighted by atomic mass is 15.2. The molecule has 3 rings (SSSR count). The second-order valence-corrected chi connectivity index (χ2v) is 6.68. The van der Waals surface area contributed by atoms with Crippen LogP contribution in [0, 0.1) is 12.8 Å². The van der Waals surface area contributed by atoms with E-state index in [1.807, 2.05) is 0 Å². The SMILES string of the molecule is Cc1ccc(N2CCCC(NCC3CCCC3)C2)cc1. The molecule has 2 fully saturated rings. The number of nitrogens with zero attached hydrogens (tertiary/aromatic N) is 1. The van der Waals surface area contributed by atoms with Crippen molar-refractivity contribution in [3.63, 3.8) is 0 Å². The Labute approximate surface area is 123 Å². The zero-order valence-corrected chi connectivity index (χ0v) is 12.8. The van der Waals surface area contributed by atoms with Gasteiger partial charge in [0, 0.05) is 24.8 Å². The van der Waals surface area contributed by atoms with Crippen molar-refractivity contribution in [1.29, 1.82) is 0 Å². The first kappa shape index (κ1) is 13.9.